The molecule has 1 aliphatic heterocycles. The zero-order valence-electron chi connectivity index (χ0n) is 10.3. The molecule has 0 bridgehead atoms. The van der Waals surface area contributed by atoms with Gasteiger partial charge in [0, 0.05) is 17.3 Å². The van der Waals surface area contributed by atoms with Crippen LogP contribution in [-0.2, 0) is 6.42 Å². The Hall–Kier alpha value is -2.55. The normalized spacial score (nSPS) is 15.4. The maximum atomic E-state index is 5.92. The number of fused-ring (bicyclic) bond motifs is 4. The van der Waals surface area contributed by atoms with E-state index in [1.807, 2.05) is 24.3 Å². The van der Waals surface area contributed by atoms with Gasteiger partial charge in [-0.05, 0) is 30.2 Å². The van der Waals surface area contributed by atoms with Crippen LogP contribution in [0.2, 0.25) is 0 Å². The number of aliphatic imine (C=N–C) groups is 1. The highest BCUT2D eigenvalue weighted by molar-refractivity contribution is 6.15. The summed E-state index contributed by atoms with van der Waals surface area (Å²) in [7, 11) is 0. The molecule has 2 aliphatic rings. The predicted octanol–water partition coefficient (Wildman–Crippen LogP) is 3.22. The molecule has 2 aromatic carbocycles. The van der Waals surface area contributed by atoms with Crippen LogP contribution in [-0.4, -0.2) is 5.71 Å². The number of rotatable bonds is 0. The quantitative estimate of drug-likeness (QED) is 0.728. The van der Waals surface area contributed by atoms with Crippen LogP contribution in [0.4, 0.5) is 11.4 Å². The fourth-order valence-electron chi connectivity index (χ4n) is 2.51. The van der Waals surface area contributed by atoms with Crippen molar-refractivity contribution in [1.29, 1.82) is 0 Å². The van der Waals surface area contributed by atoms with Crippen molar-refractivity contribution >= 4 is 17.1 Å². The van der Waals surface area contributed by atoms with Crippen molar-refractivity contribution in [2.45, 2.75) is 6.42 Å². The Kier molecular flexibility index (Phi) is 2.03. The fraction of sp³-hybridized carbons (Fsp3) is 0.0625. The average Bonchev–Trinajstić information content (AvgIpc) is 2.45. The van der Waals surface area contributed by atoms with E-state index in [0.29, 0.717) is 5.69 Å². The third-order valence-corrected chi connectivity index (χ3v) is 3.45. The average molecular weight is 248 g/mol. The van der Waals surface area contributed by atoms with Gasteiger partial charge in [-0.15, -0.1) is 0 Å². The highest BCUT2D eigenvalue weighted by Gasteiger charge is 2.24. The molecule has 0 saturated heterocycles. The standard InChI is InChI=1S/C16H12N2O/c17-11-6-7-13-15(9-11)19-14-8-5-10-3-1-2-4-12(10)16(14)18-13/h1-4,6-9H,5,17H2. The Morgan fingerprint density at radius 2 is 2.00 bits per heavy atom. The first-order valence-electron chi connectivity index (χ1n) is 6.26. The first-order chi connectivity index (χ1) is 9.31. The Morgan fingerprint density at radius 3 is 2.95 bits per heavy atom. The lowest BCUT2D eigenvalue weighted by Gasteiger charge is -2.24. The predicted molar refractivity (Wildman–Crippen MR) is 75.9 cm³/mol. The molecule has 0 atom stereocenters. The molecule has 3 nitrogen and oxygen atoms in total. The number of ether oxygens (including phenoxy) is 1. The number of nitrogens with zero attached hydrogens (tertiary/aromatic N) is 1. The minimum atomic E-state index is 0.689. The maximum Gasteiger partial charge on any atom is 0.155 e. The van der Waals surface area contributed by atoms with Gasteiger partial charge in [0.05, 0.1) is 0 Å². The van der Waals surface area contributed by atoms with Gasteiger partial charge in [0.15, 0.2) is 5.75 Å². The summed E-state index contributed by atoms with van der Waals surface area (Å²) in [6, 6.07) is 13.9. The van der Waals surface area contributed by atoms with Crippen molar-refractivity contribution in [3.8, 4) is 5.75 Å². The molecule has 0 aromatic heterocycles. The van der Waals surface area contributed by atoms with Crippen molar-refractivity contribution in [2.75, 3.05) is 5.73 Å². The minimum Gasteiger partial charge on any atom is -0.453 e. The summed E-state index contributed by atoms with van der Waals surface area (Å²) in [5, 5.41) is 0. The molecular formula is C16H12N2O. The van der Waals surface area contributed by atoms with Crippen LogP contribution in [0.25, 0.3) is 0 Å². The molecule has 0 radical (unpaired) electrons. The smallest absolute Gasteiger partial charge is 0.155 e. The van der Waals surface area contributed by atoms with E-state index in [2.05, 4.69) is 24.3 Å². The molecule has 0 spiro atoms. The van der Waals surface area contributed by atoms with Crippen LogP contribution in [0.3, 0.4) is 0 Å². The van der Waals surface area contributed by atoms with E-state index in [-0.39, 0.29) is 0 Å². The molecule has 92 valence electrons. The van der Waals surface area contributed by atoms with Gasteiger partial charge < -0.3 is 10.5 Å². The van der Waals surface area contributed by atoms with Gasteiger partial charge in [-0.25, -0.2) is 4.99 Å². The zero-order valence-corrected chi connectivity index (χ0v) is 10.3. The monoisotopic (exact) mass is 248 g/mol. The molecule has 0 fully saturated rings. The first kappa shape index (κ1) is 10.4. The summed E-state index contributed by atoms with van der Waals surface area (Å²) in [6.07, 6.45) is 2.95. The van der Waals surface area contributed by atoms with Crippen LogP contribution >= 0.6 is 0 Å². The lowest BCUT2D eigenvalue weighted by atomic mass is 9.93. The molecule has 1 aliphatic carbocycles. The number of allylic oxidation sites excluding steroid dienone is 2. The molecule has 2 N–H and O–H groups in total. The summed E-state index contributed by atoms with van der Waals surface area (Å²) in [5.74, 6) is 1.56. The Bertz CT molecular complexity index is 744. The SMILES string of the molecule is Nc1ccc2c(c1)OC1=CCc3ccccc3C1=N2. The Labute approximate surface area is 111 Å². The Balaban J connectivity index is 1.93. The van der Waals surface area contributed by atoms with Crippen LogP contribution in [0.15, 0.2) is 59.3 Å². The van der Waals surface area contributed by atoms with Gasteiger partial charge in [0.25, 0.3) is 0 Å². The second-order valence-electron chi connectivity index (χ2n) is 4.72. The van der Waals surface area contributed by atoms with Gasteiger partial charge in [0.1, 0.15) is 17.2 Å². The number of nitrogen functional groups attached to an aromatic ring is 1. The molecule has 4 rings (SSSR count). The first-order valence-corrected chi connectivity index (χ1v) is 6.26. The van der Waals surface area contributed by atoms with Gasteiger partial charge in [-0.1, -0.05) is 24.3 Å². The summed E-state index contributed by atoms with van der Waals surface area (Å²) in [6.45, 7) is 0. The molecule has 0 amide bonds. The highest BCUT2D eigenvalue weighted by atomic mass is 16.5. The topological polar surface area (TPSA) is 47.6 Å². The van der Waals surface area contributed by atoms with Gasteiger partial charge in [0.2, 0.25) is 0 Å². The summed E-state index contributed by atoms with van der Waals surface area (Å²) < 4.78 is 5.92. The van der Waals surface area contributed by atoms with E-state index in [4.69, 9.17) is 15.5 Å². The second kappa shape index (κ2) is 3.72. The van der Waals surface area contributed by atoms with E-state index in [1.165, 1.54) is 5.56 Å². The fourth-order valence-corrected chi connectivity index (χ4v) is 2.51. The molecule has 0 saturated carbocycles. The number of anilines is 1. The van der Waals surface area contributed by atoms with Crippen molar-refractivity contribution in [1.82, 2.24) is 0 Å². The number of nitrogens with two attached hydrogens (primary N) is 1. The van der Waals surface area contributed by atoms with Crippen molar-refractivity contribution in [3.63, 3.8) is 0 Å². The summed E-state index contributed by atoms with van der Waals surface area (Å²) in [4.78, 5) is 4.72. The summed E-state index contributed by atoms with van der Waals surface area (Å²) in [5.41, 5.74) is 10.7. The zero-order chi connectivity index (χ0) is 12.8. The maximum absolute atomic E-state index is 5.92. The van der Waals surface area contributed by atoms with Crippen LogP contribution in [0.1, 0.15) is 11.1 Å². The molecular weight excluding hydrogens is 236 g/mol. The number of hydrogen-bond donors (Lipinski definition) is 1. The van der Waals surface area contributed by atoms with Gasteiger partial charge in [-0.3, -0.25) is 0 Å². The lowest BCUT2D eigenvalue weighted by Crippen LogP contribution is -2.19. The van der Waals surface area contributed by atoms with E-state index in [1.54, 1.807) is 0 Å². The van der Waals surface area contributed by atoms with Crippen LogP contribution in [0, 0.1) is 0 Å². The third kappa shape index (κ3) is 1.55. The van der Waals surface area contributed by atoms with E-state index < -0.39 is 0 Å². The minimum absolute atomic E-state index is 0.689. The summed E-state index contributed by atoms with van der Waals surface area (Å²) >= 11 is 0. The third-order valence-electron chi connectivity index (χ3n) is 3.45. The highest BCUT2D eigenvalue weighted by Crippen LogP contribution is 2.38. The second-order valence-corrected chi connectivity index (χ2v) is 4.72. The number of benzene rings is 2. The van der Waals surface area contributed by atoms with E-state index in [9.17, 15) is 0 Å². The largest absolute Gasteiger partial charge is 0.453 e. The van der Waals surface area contributed by atoms with E-state index >= 15 is 0 Å². The van der Waals surface area contributed by atoms with Gasteiger partial charge >= 0.3 is 0 Å². The van der Waals surface area contributed by atoms with Crippen molar-refractivity contribution in [3.05, 3.63) is 65.4 Å². The van der Waals surface area contributed by atoms with E-state index in [0.717, 1.165) is 34.9 Å². The molecule has 1 heterocycles. The van der Waals surface area contributed by atoms with Crippen LogP contribution in [0.5, 0.6) is 5.75 Å². The molecule has 19 heavy (non-hydrogen) atoms. The van der Waals surface area contributed by atoms with Gasteiger partial charge in [-0.2, -0.15) is 0 Å². The lowest BCUT2D eigenvalue weighted by molar-refractivity contribution is 0.447. The molecule has 2 aromatic rings. The molecule has 0 unspecified atom stereocenters. The van der Waals surface area contributed by atoms with Crippen molar-refractivity contribution < 1.29 is 4.74 Å². The molecule has 3 heteroatoms. The Morgan fingerprint density at radius 1 is 1.11 bits per heavy atom. The van der Waals surface area contributed by atoms with Crippen molar-refractivity contribution in [2.24, 2.45) is 4.99 Å². The van der Waals surface area contributed by atoms with Crippen LogP contribution < -0.4 is 10.5 Å². The number of hydrogen-bond acceptors (Lipinski definition) is 3.